The number of nitrogens with zero attached hydrogens (tertiary/aromatic N) is 3. The largest absolute Gasteiger partial charge is 0.382 e. The number of halogens is 2. The Kier molecular flexibility index (Phi) is 5.38. The van der Waals surface area contributed by atoms with E-state index in [0.717, 1.165) is 0 Å². The molecular weight excluding hydrogens is 357 g/mol. The van der Waals surface area contributed by atoms with Crippen LogP contribution in [0.1, 0.15) is 21.7 Å². The highest BCUT2D eigenvalue weighted by molar-refractivity contribution is 6.30. The van der Waals surface area contributed by atoms with Gasteiger partial charge in [-0.3, -0.25) is 4.79 Å². The minimum atomic E-state index is -0.376. The average Bonchev–Trinajstić information content (AvgIpc) is 2.64. The van der Waals surface area contributed by atoms with Crippen molar-refractivity contribution in [3.8, 4) is 0 Å². The highest BCUT2D eigenvalue weighted by atomic mass is 35.5. The predicted octanol–water partition coefficient (Wildman–Crippen LogP) is 3.28. The van der Waals surface area contributed by atoms with Crippen molar-refractivity contribution in [2.45, 2.75) is 13.0 Å². The van der Waals surface area contributed by atoms with Crippen LogP contribution in [0.25, 0.3) is 0 Å². The van der Waals surface area contributed by atoms with E-state index in [1.165, 1.54) is 18.5 Å². The van der Waals surface area contributed by atoms with Gasteiger partial charge in [0, 0.05) is 37.1 Å². The fourth-order valence-corrected chi connectivity index (χ4v) is 2.45. The van der Waals surface area contributed by atoms with Crippen LogP contribution in [0.15, 0.2) is 48.9 Å². The lowest BCUT2D eigenvalue weighted by atomic mass is 10.0. The predicted molar refractivity (Wildman–Crippen MR) is 97.5 cm³/mol. The van der Waals surface area contributed by atoms with Gasteiger partial charge in [-0.25, -0.2) is 19.3 Å². The molecule has 0 unspecified atom stereocenters. The van der Waals surface area contributed by atoms with E-state index < -0.39 is 0 Å². The van der Waals surface area contributed by atoms with Crippen molar-refractivity contribution in [2.24, 2.45) is 0 Å². The van der Waals surface area contributed by atoms with Crippen molar-refractivity contribution in [3.05, 3.63) is 76.7 Å². The molecule has 0 saturated heterocycles. The summed E-state index contributed by atoms with van der Waals surface area (Å²) in [5.41, 5.74) is 7.44. The summed E-state index contributed by atoms with van der Waals surface area (Å²) in [6, 6.07) is 8.00. The van der Waals surface area contributed by atoms with Crippen LogP contribution in [0, 0.1) is 5.82 Å². The number of ketones is 1. The van der Waals surface area contributed by atoms with Crippen LogP contribution in [0.3, 0.4) is 0 Å². The lowest BCUT2D eigenvalue weighted by molar-refractivity contribution is 0.0983. The number of hydrogen-bond acceptors (Lipinski definition) is 6. The monoisotopic (exact) mass is 371 g/mol. The molecule has 26 heavy (non-hydrogen) atoms. The maximum absolute atomic E-state index is 14.1. The first-order valence-electron chi connectivity index (χ1n) is 7.75. The van der Waals surface area contributed by atoms with E-state index in [2.05, 4.69) is 20.3 Å². The minimum Gasteiger partial charge on any atom is -0.382 e. The Hall–Kier alpha value is -3.06. The summed E-state index contributed by atoms with van der Waals surface area (Å²) in [5, 5.41) is 3.39. The summed E-state index contributed by atoms with van der Waals surface area (Å²) in [6.45, 7) is 0.210. The van der Waals surface area contributed by atoms with Gasteiger partial charge in [0.05, 0.1) is 10.7 Å². The van der Waals surface area contributed by atoms with Crippen LogP contribution in [0.4, 0.5) is 15.9 Å². The molecule has 3 rings (SSSR count). The molecule has 3 N–H and O–H groups in total. The van der Waals surface area contributed by atoms with Crippen molar-refractivity contribution >= 4 is 28.9 Å². The van der Waals surface area contributed by atoms with Crippen molar-refractivity contribution in [3.63, 3.8) is 0 Å². The van der Waals surface area contributed by atoms with Gasteiger partial charge in [-0.2, -0.15) is 0 Å². The maximum Gasteiger partial charge on any atom is 0.204 e. The van der Waals surface area contributed by atoms with E-state index in [4.69, 9.17) is 17.3 Å². The van der Waals surface area contributed by atoms with Crippen LogP contribution in [-0.4, -0.2) is 20.7 Å². The molecule has 0 aliphatic heterocycles. The molecule has 6 nitrogen and oxygen atoms in total. The van der Waals surface area contributed by atoms with Crippen molar-refractivity contribution < 1.29 is 9.18 Å². The second kappa shape index (κ2) is 7.88. The molecule has 0 radical (unpaired) electrons. The summed E-state index contributed by atoms with van der Waals surface area (Å²) in [6.07, 6.45) is 4.36. The lowest BCUT2D eigenvalue weighted by Gasteiger charge is -2.10. The third kappa shape index (κ3) is 4.31. The van der Waals surface area contributed by atoms with Crippen molar-refractivity contribution in [2.75, 3.05) is 11.1 Å². The number of pyridine rings is 1. The Bertz CT molecular complexity index is 933. The topological polar surface area (TPSA) is 93.8 Å². The Labute approximate surface area is 154 Å². The van der Waals surface area contributed by atoms with Crippen LogP contribution >= 0.6 is 11.6 Å². The zero-order valence-corrected chi connectivity index (χ0v) is 14.4. The third-order valence-corrected chi connectivity index (χ3v) is 3.85. The van der Waals surface area contributed by atoms with Gasteiger partial charge in [-0.1, -0.05) is 23.7 Å². The van der Waals surface area contributed by atoms with Gasteiger partial charge in [0.1, 0.15) is 11.6 Å². The number of aromatic nitrogens is 3. The van der Waals surface area contributed by atoms with Gasteiger partial charge < -0.3 is 11.1 Å². The van der Waals surface area contributed by atoms with Gasteiger partial charge in [0.2, 0.25) is 5.78 Å². The molecule has 0 saturated carbocycles. The summed E-state index contributed by atoms with van der Waals surface area (Å²) in [5.74, 6) is -0.247. The Morgan fingerprint density at radius 1 is 1.19 bits per heavy atom. The zero-order valence-electron chi connectivity index (χ0n) is 13.6. The lowest BCUT2D eigenvalue weighted by Crippen LogP contribution is -2.10. The van der Waals surface area contributed by atoms with Crippen LogP contribution in [0.2, 0.25) is 5.02 Å². The first-order valence-corrected chi connectivity index (χ1v) is 8.13. The first kappa shape index (κ1) is 17.8. The number of rotatable bonds is 6. The van der Waals surface area contributed by atoms with E-state index in [9.17, 15) is 9.18 Å². The summed E-state index contributed by atoms with van der Waals surface area (Å²) < 4.78 is 14.1. The van der Waals surface area contributed by atoms with E-state index in [0.29, 0.717) is 27.7 Å². The molecule has 0 bridgehead atoms. The molecule has 1 aromatic carbocycles. The van der Waals surface area contributed by atoms with Gasteiger partial charge in [0.15, 0.2) is 5.82 Å². The Morgan fingerprint density at radius 2 is 1.96 bits per heavy atom. The fourth-order valence-electron chi connectivity index (χ4n) is 2.35. The second-order valence-corrected chi connectivity index (χ2v) is 5.98. The first-order chi connectivity index (χ1) is 12.5. The second-order valence-electron chi connectivity index (χ2n) is 5.54. The summed E-state index contributed by atoms with van der Waals surface area (Å²) in [4.78, 5) is 24.0. The number of anilines is 2. The number of carbonyl (C=O) groups excluding carboxylic acids is 1. The highest BCUT2D eigenvalue weighted by Gasteiger charge is 2.12. The van der Waals surface area contributed by atoms with Crippen molar-refractivity contribution in [1.29, 1.82) is 0 Å². The number of carbonyl (C=O) groups is 1. The third-order valence-electron chi connectivity index (χ3n) is 3.65. The van der Waals surface area contributed by atoms with E-state index >= 15 is 0 Å². The van der Waals surface area contributed by atoms with Crippen molar-refractivity contribution in [1.82, 2.24) is 15.0 Å². The Morgan fingerprint density at radius 3 is 2.69 bits per heavy atom. The smallest absolute Gasteiger partial charge is 0.204 e. The standard InChI is InChI=1S/C18H15ClFN5O/c19-13-9-24-18(25-10-13)16(26)7-11-3-4-14(20)12(6-11)8-23-15-2-1-5-22-17(15)21/h1-6,9-10,23H,7-8H2,(H2,21,22). The fraction of sp³-hybridized carbons (Fsp3) is 0.111. The number of hydrogen-bond donors (Lipinski definition) is 2. The van der Waals surface area contributed by atoms with Gasteiger partial charge in [-0.05, 0) is 23.8 Å². The number of nitrogens with one attached hydrogen (secondary N) is 1. The molecule has 0 aliphatic rings. The molecule has 0 fully saturated rings. The minimum absolute atomic E-state index is 0.0595. The summed E-state index contributed by atoms with van der Waals surface area (Å²) >= 11 is 5.71. The SMILES string of the molecule is Nc1ncccc1NCc1cc(CC(=O)c2ncc(Cl)cn2)ccc1F. The molecule has 8 heteroatoms. The number of Topliss-reactive ketones (excluding diaryl/α,β-unsaturated/α-hetero) is 1. The Balaban J connectivity index is 1.72. The molecule has 0 amide bonds. The highest BCUT2D eigenvalue weighted by Crippen LogP contribution is 2.18. The van der Waals surface area contributed by atoms with E-state index in [-0.39, 0.29) is 30.4 Å². The van der Waals surface area contributed by atoms with Crippen LogP contribution in [-0.2, 0) is 13.0 Å². The molecule has 0 aliphatic carbocycles. The summed E-state index contributed by atoms with van der Waals surface area (Å²) in [7, 11) is 0. The van der Waals surface area contributed by atoms with E-state index in [1.807, 2.05) is 0 Å². The van der Waals surface area contributed by atoms with Gasteiger partial charge in [-0.15, -0.1) is 0 Å². The number of nitrogen functional groups attached to an aromatic ring is 1. The van der Waals surface area contributed by atoms with Crippen LogP contribution in [0.5, 0.6) is 0 Å². The molecule has 2 heterocycles. The zero-order chi connectivity index (χ0) is 18.5. The van der Waals surface area contributed by atoms with Gasteiger partial charge >= 0.3 is 0 Å². The molecule has 132 valence electrons. The number of nitrogens with two attached hydrogens (primary N) is 1. The van der Waals surface area contributed by atoms with Crippen LogP contribution < -0.4 is 11.1 Å². The molecular formula is C18H15ClFN5O. The molecule has 3 aromatic rings. The molecule has 0 atom stereocenters. The normalized spacial score (nSPS) is 10.5. The molecule has 2 aromatic heterocycles. The van der Waals surface area contributed by atoms with Gasteiger partial charge in [0.25, 0.3) is 0 Å². The quantitative estimate of drug-likeness (QED) is 0.646. The number of benzene rings is 1. The molecule has 0 spiro atoms. The average molecular weight is 372 g/mol. The van der Waals surface area contributed by atoms with E-state index in [1.54, 1.807) is 30.5 Å². The maximum atomic E-state index is 14.1.